The topological polar surface area (TPSA) is 56.1 Å². The average Bonchev–Trinajstić information content (AvgIpc) is 2.77. The molecular weight excluding hydrogens is 278 g/mol. The molecule has 0 aliphatic heterocycles. The van der Waals surface area contributed by atoms with Crippen molar-refractivity contribution in [3.05, 3.63) is 46.8 Å². The number of amides is 1. The molecule has 1 aromatic carbocycles. The number of ether oxygens (including phenoxy) is 1. The van der Waals surface area contributed by atoms with Crippen molar-refractivity contribution < 1.29 is 9.53 Å². The molecule has 0 radical (unpaired) electrons. The molecule has 0 spiro atoms. The van der Waals surface area contributed by atoms with E-state index in [2.05, 4.69) is 17.3 Å². The monoisotopic (exact) mass is 301 g/mol. The van der Waals surface area contributed by atoms with Crippen LogP contribution in [0.5, 0.6) is 5.75 Å². The number of hydrogen-bond acceptors (Lipinski definition) is 3. The fourth-order valence-electron chi connectivity index (χ4n) is 2.74. The van der Waals surface area contributed by atoms with Crippen molar-refractivity contribution in [1.29, 1.82) is 0 Å². The predicted molar refractivity (Wildman–Crippen MR) is 86.2 cm³/mol. The van der Waals surface area contributed by atoms with Gasteiger partial charge in [0.05, 0.1) is 24.4 Å². The number of nitrogens with zero attached hydrogens (tertiary/aromatic N) is 2. The van der Waals surface area contributed by atoms with Gasteiger partial charge in [-0.3, -0.25) is 9.48 Å². The number of rotatable bonds is 5. The van der Waals surface area contributed by atoms with Crippen molar-refractivity contribution in [1.82, 2.24) is 15.1 Å². The van der Waals surface area contributed by atoms with Crippen molar-refractivity contribution in [2.45, 2.75) is 33.2 Å². The summed E-state index contributed by atoms with van der Waals surface area (Å²) < 4.78 is 7.11. The average molecular weight is 301 g/mol. The highest BCUT2D eigenvalue weighted by molar-refractivity contribution is 5.97. The summed E-state index contributed by atoms with van der Waals surface area (Å²) >= 11 is 0. The van der Waals surface area contributed by atoms with Crippen LogP contribution >= 0.6 is 0 Å². The number of aromatic nitrogens is 2. The lowest BCUT2D eigenvalue weighted by atomic mass is 10.0. The Morgan fingerprint density at radius 3 is 2.59 bits per heavy atom. The number of hydrogen-bond donors (Lipinski definition) is 1. The van der Waals surface area contributed by atoms with Gasteiger partial charge in [-0.05, 0) is 32.4 Å². The molecule has 5 heteroatoms. The third-order valence-corrected chi connectivity index (χ3v) is 3.98. The van der Waals surface area contributed by atoms with Gasteiger partial charge < -0.3 is 10.1 Å². The smallest absolute Gasteiger partial charge is 0.255 e. The molecule has 1 unspecified atom stereocenters. The standard InChI is InChI=1S/C17H23N3O2/c1-6-14(16-11(2)19-20(4)12(16)3)18-17(21)13-9-7-8-10-15(13)22-5/h7-10,14H,6H2,1-5H3,(H,18,21). The second-order valence-corrected chi connectivity index (χ2v) is 5.34. The Hall–Kier alpha value is -2.30. The molecule has 0 aliphatic carbocycles. The molecule has 1 atom stereocenters. The van der Waals surface area contributed by atoms with E-state index in [0.29, 0.717) is 11.3 Å². The zero-order valence-corrected chi connectivity index (χ0v) is 13.8. The van der Waals surface area contributed by atoms with E-state index in [0.717, 1.165) is 23.4 Å². The van der Waals surface area contributed by atoms with Gasteiger partial charge in [0.2, 0.25) is 0 Å². The number of benzene rings is 1. The van der Waals surface area contributed by atoms with Crippen molar-refractivity contribution >= 4 is 5.91 Å². The molecule has 2 rings (SSSR count). The van der Waals surface area contributed by atoms with Gasteiger partial charge in [0, 0.05) is 18.3 Å². The number of nitrogens with one attached hydrogen (secondary N) is 1. The second kappa shape index (κ2) is 6.64. The number of para-hydroxylation sites is 1. The number of aryl methyl sites for hydroxylation is 2. The van der Waals surface area contributed by atoms with E-state index < -0.39 is 0 Å². The third kappa shape index (κ3) is 2.98. The highest BCUT2D eigenvalue weighted by atomic mass is 16.5. The van der Waals surface area contributed by atoms with Gasteiger partial charge in [-0.2, -0.15) is 5.10 Å². The molecule has 1 aromatic heterocycles. The lowest BCUT2D eigenvalue weighted by molar-refractivity contribution is 0.0932. The van der Waals surface area contributed by atoms with Gasteiger partial charge in [-0.1, -0.05) is 19.1 Å². The van der Waals surface area contributed by atoms with E-state index in [1.165, 1.54) is 0 Å². The van der Waals surface area contributed by atoms with Crippen LogP contribution in [0.2, 0.25) is 0 Å². The van der Waals surface area contributed by atoms with E-state index in [9.17, 15) is 4.79 Å². The first kappa shape index (κ1) is 16.1. The Kier molecular flexibility index (Phi) is 4.85. The predicted octanol–water partition coefficient (Wildman–Crippen LogP) is 2.93. The van der Waals surface area contributed by atoms with Gasteiger partial charge in [0.15, 0.2) is 0 Å². The van der Waals surface area contributed by atoms with Crippen molar-refractivity contribution in [2.24, 2.45) is 7.05 Å². The van der Waals surface area contributed by atoms with E-state index in [1.54, 1.807) is 19.2 Å². The maximum Gasteiger partial charge on any atom is 0.255 e. The molecule has 1 N–H and O–H groups in total. The minimum Gasteiger partial charge on any atom is -0.496 e. The van der Waals surface area contributed by atoms with Crippen LogP contribution in [0.4, 0.5) is 0 Å². The minimum absolute atomic E-state index is 0.0638. The van der Waals surface area contributed by atoms with E-state index >= 15 is 0 Å². The molecule has 0 fully saturated rings. The Morgan fingerprint density at radius 2 is 2.05 bits per heavy atom. The molecule has 0 saturated carbocycles. The Bertz CT molecular complexity index is 677. The van der Waals surface area contributed by atoms with Gasteiger partial charge >= 0.3 is 0 Å². The number of methoxy groups -OCH3 is 1. The first-order valence-corrected chi connectivity index (χ1v) is 7.43. The SMILES string of the molecule is CCC(NC(=O)c1ccccc1OC)c1c(C)nn(C)c1C. The lowest BCUT2D eigenvalue weighted by Crippen LogP contribution is -2.29. The summed E-state index contributed by atoms with van der Waals surface area (Å²) in [5.74, 6) is 0.446. The summed E-state index contributed by atoms with van der Waals surface area (Å²) in [6, 6.07) is 7.17. The van der Waals surface area contributed by atoms with Gasteiger partial charge in [-0.15, -0.1) is 0 Å². The van der Waals surface area contributed by atoms with Crippen LogP contribution in [0.1, 0.15) is 46.7 Å². The molecule has 0 bridgehead atoms. The van der Waals surface area contributed by atoms with Crippen molar-refractivity contribution in [3.8, 4) is 5.75 Å². The Labute approximate surface area is 131 Å². The normalized spacial score (nSPS) is 12.0. The van der Waals surface area contributed by atoms with E-state index in [4.69, 9.17) is 4.74 Å². The minimum atomic E-state index is -0.132. The van der Waals surface area contributed by atoms with E-state index in [-0.39, 0.29) is 11.9 Å². The van der Waals surface area contributed by atoms with Crippen LogP contribution in [0, 0.1) is 13.8 Å². The van der Waals surface area contributed by atoms with Crippen LogP contribution in [-0.2, 0) is 7.05 Å². The van der Waals surface area contributed by atoms with Crippen LogP contribution < -0.4 is 10.1 Å². The first-order valence-electron chi connectivity index (χ1n) is 7.43. The van der Waals surface area contributed by atoms with Crippen molar-refractivity contribution in [3.63, 3.8) is 0 Å². The van der Waals surface area contributed by atoms with Gasteiger partial charge in [-0.25, -0.2) is 0 Å². The maximum atomic E-state index is 12.6. The second-order valence-electron chi connectivity index (χ2n) is 5.34. The molecule has 0 saturated heterocycles. The van der Waals surface area contributed by atoms with Gasteiger partial charge in [0.1, 0.15) is 5.75 Å². The highest BCUT2D eigenvalue weighted by Gasteiger charge is 2.22. The summed E-state index contributed by atoms with van der Waals surface area (Å²) in [5, 5.41) is 7.53. The lowest BCUT2D eigenvalue weighted by Gasteiger charge is -2.19. The van der Waals surface area contributed by atoms with Crippen LogP contribution in [0.3, 0.4) is 0 Å². The molecule has 22 heavy (non-hydrogen) atoms. The fraction of sp³-hybridized carbons (Fsp3) is 0.412. The zero-order chi connectivity index (χ0) is 16.3. The van der Waals surface area contributed by atoms with E-state index in [1.807, 2.05) is 37.7 Å². The van der Waals surface area contributed by atoms with Gasteiger partial charge in [0.25, 0.3) is 5.91 Å². The van der Waals surface area contributed by atoms with Crippen LogP contribution in [-0.4, -0.2) is 22.8 Å². The summed E-state index contributed by atoms with van der Waals surface area (Å²) in [4.78, 5) is 12.6. The zero-order valence-electron chi connectivity index (χ0n) is 13.8. The molecule has 0 aliphatic rings. The molecule has 2 aromatic rings. The van der Waals surface area contributed by atoms with Crippen molar-refractivity contribution in [2.75, 3.05) is 7.11 Å². The number of carbonyl (C=O) groups excluding carboxylic acids is 1. The van der Waals surface area contributed by atoms with Crippen LogP contribution in [0.25, 0.3) is 0 Å². The summed E-state index contributed by atoms with van der Waals surface area (Å²) in [6.07, 6.45) is 0.800. The largest absolute Gasteiger partial charge is 0.496 e. The molecule has 118 valence electrons. The quantitative estimate of drug-likeness (QED) is 0.924. The fourth-order valence-corrected chi connectivity index (χ4v) is 2.74. The van der Waals surface area contributed by atoms with Crippen LogP contribution in [0.15, 0.2) is 24.3 Å². The molecular formula is C17H23N3O2. The highest BCUT2D eigenvalue weighted by Crippen LogP contribution is 2.25. The molecule has 5 nitrogen and oxygen atoms in total. The summed E-state index contributed by atoms with van der Waals surface area (Å²) in [7, 11) is 3.49. The third-order valence-electron chi connectivity index (χ3n) is 3.98. The summed E-state index contributed by atoms with van der Waals surface area (Å²) in [5.41, 5.74) is 3.66. The first-order chi connectivity index (χ1) is 10.5. The Balaban J connectivity index is 2.29. The maximum absolute atomic E-state index is 12.6. The molecule has 1 amide bonds. The summed E-state index contributed by atoms with van der Waals surface area (Å²) in [6.45, 7) is 6.05. The number of carbonyl (C=O) groups is 1. The molecule has 1 heterocycles. The Morgan fingerprint density at radius 1 is 1.36 bits per heavy atom.